The van der Waals surface area contributed by atoms with Gasteiger partial charge in [-0.15, -0.1) is 0 Å². The molecule has 1 aromatic rings. The Morgan fingerprint density at radius 3 is 2.43 bits per heavy atom. The summed E-state index contributed by atoms with van der Waals surface area (Å²) < 4.78 is 5.79. The summed E-state index contributed by atoms with van der Waals surface area (Å²) >= 11 is 0. The zero-order chi connectivity index (χ0) is 16.5. The summed E-state index contributed by atoms with van der Waals surface area (Å²) in [6, 6.07) is 8.23. The molecule has 1 fully saturated rings. The van der Waals surface area contributed by atoms with Crippen LogP contribution in [0.15, 0.2) is 24.3 Å². The highest BCUT2D eigenvalue weighted by Gasteiger charge is 2.29. The van der Waals surface area contributed by atoms with Crippen molar-refractivity contribution >= 4 is 5.78 Å². The number of hydrogen-bond donors (Lipinski definition) is 0. The van der Waals surface area contributed by atoms with Crippen LogP contribution in [0.25, 0.3) is 0 Å². The van der Waals surface area contributed by atoms with Crippen LogP contribution in [-0.4, -0.2) is 12.4 Å². The smallest absolute Gasteiger partial charge is 0.140 e. The van der Waals surface area contributed by atoms with Crippen molar-refractivity contribution in [1.82, 2.24) is 0 Å². The van der Waals surface area contributed by atoms with E-state index in [0.29, 0.717) is 11.7 Å². The SMILES string of the molecule is CCCCCCOc1ccc(C2CCC(CCC)CC2=O)cc1. The second-order valence-electron chi connectivity index (χ2n) is 6.93. The number of benzene rings is 1. The van der Waals surface area contributed by atoms with Gasteiger partial charge >= 0.3 is 0 Å². The van der Waals surface area contributed by atoms with Crippen LogP contribution in [0.1, 0.15) is 83.1 Å². The van der Waals surface area contributed by atoms with E-state index in [1.165, 1.54) is 44.1 Å². The number of Topliss-reactive ketones (excluding diaryl/α,β-unsaturated/α-hetero) is 1. The first-order valence-corrected chi connectivity index (χ1v) is 9.50. The lowest BCUT2D eigenvalue weighted by Gasteiger charge is -2.27. The van der Waals surface area contributed by atoms with Crippen molar-refractivity contribution in [2.45, 2.75) is 77.6 Å². The van der Waals surface area contributed by atoms with Crippen LogP contribution in [0.2, 0.25) is 0 Å². The van der Waals surface area contributed by atoms with Gasteiger partial charge in [-0.25, -0.2) is 0 Å². The first-order valence-electron chi connectivity index (χ1n) is 9.50. The largest absolute Gasteiger partial charge is 0.494 e. The number of carbonyl (C=O) groups is 1. The lowest BCUT2D eigenvalue weighted by atomic mass is 9.76. The van der Waals surface area contributed by atoms with E-state index >= 15 is 0 Å². The zero-order valence-corrected chi connectivity index (χ0v) is 14.9. The Morgan fingerprint density at radius 1 is 1.00 bits per heavy atom. The summed E-state index contributed by atoms with van der Waals surface area (Å²) in [6.07, 6.45) is 10.3. The van der Waals surface area contributed by atoms with Crippen LogP contribution in [0, 0.1) is 5.92 Å². The van der Waals surface area contributed by atoms with E-state index in [9.17, 15) is 4.79 Å². The molecule has 0 radical (unpaired) electrons. The standard InChI is InChI=1S/C21H32O2/c1-3-5-6-7-15-23-19-12-10-18(11-13-19)20-14-9-17(8-4-2)16-21(20)22/h10-13,17,20H,3-9,14-16H2,1-2H3. The third kappa shape index (κ3) is 5.67. The van der Waals surface area contributed by atoms with Gasteiger partial charge in [0, 0.05) is 12.3 Å². The van der Waals surface area contributed by atoms with Crippen LogP contribution >= 0.6 is 0 Å². The van der Waals surface area contributed by atoms with Crippen molar-refractivity contribution in [1.29, 1.82) is 0 Å². The predicted molar refractivity (Wildman–Crippen MR) is 96.1 cm³/mol. The summed E-state index contributed by atoms with van der Waals surface area (Å²) in [6.45, 7) is 5.22. The van der Waals surface area contributed by atoms with Crippen molar-refractivity contribution in [2.75, 3.05) is 6.61 Å². The molecule has 2 atom stereocenters. The Labute approximate surface area is 141 Å². The van der Waals surface area contributed by atoms with Gasteiger partial charge in [0.1, 0.15) is 11.5 Å². The molecule has 2 heteroatoms. The molecule has 0 bridgehead atoms. The molecule has 0 N–H and O–H groups in total. The van der Waals surface area contributed by atoms with Gasteiger partial charge in [0.15, 0.2) is 0 Å². The molecule has 128 valence electrons. The molecular formula is C21H32O2. The molecule has 1 aliphatic rings. The molecule has 23 heavy (non-hydrogen) atoms. The van der Waals surface area contributed by atoms with E-state index in [1.807, 2.05) is 12.1 Å². The average Bonchev–Trinajstić information content (AvgIpc) is 2.56. The molecule has 1 saturated carbocycles. The van der Waals surface area contributed by atoms with E-state index in [2.05, 4.69) is 26.0 Å². The minimum Gasteiger partial charge on any atom is -0.494 e. The van der Waals surface area contributed by atoms with Crippen molar-refractivity contribution in [3.05, 3.63) is 29.8 Å². The molecule has 0 aliphatic heterocycles. The predicted octanol–water partition coefficient (Wildman–Crippen LogP) is 5.90. The summed E-state index contributed by atoms with van der Waals surface area (Å²) in [5.41, 5.74) is 1.17. The Bertz CT molecular complexity index is 463. The molecule has 0 saturated heterocycles. The monoisotopic (exact) mass is 316 g/mol. The minimum atomic E-state index is 0.113. The number of ketones is 1. The molecule has 1 aliphatic carbocycles. The fourth-order valence-electron chi connectivity index (χ4n) is 3.61. The average molecular weight is 316 g/mol. The molecule has 2 rings (SSSR count). The maximum atomic E-state index is 12.4. The van der Waals surface area contributed by atoms with Gasteiger partial charge in [0.05, 0.1) is 6.61 Å². The van der Waals surface area contributed by atoms with E-state index < -0.39 is 0 Å². The Morgan fingerprint density at radius 2 is 1.78 bits per heavy atom. The third-order valence-corrected chi connectivity index (χ3v) is 4.99. The lowest BCUT2D eigenvalue weighted by Crippen LogP contribution is -2.23. The van der Waals surface area contributed by atoms with Gasteiger partial charge < -0.3 is 4.74 Å². The number of ether oxygens (including phenoxy) is 1. The molecule has 0 spiro atoms. The van der Waals surface area contributed by atoms with Crippen LogP contribution in [0.3, 0.4) is 0 Å². The van der Waals surface area contributed by atoms with Gasteiger partial charge in [0.25, 0.3) is 0 Å². The van der Waals surface area contributed by atoms with E-state index in [0.717, 1.165) is 31.6 Å². The van der Waals surface area contributed by atoms with Crippen molar-refractivity contribution < 1.29 is 9.53 Å². The summed E-state index contributed by atoms with van der Waals surface area (Å²) in [4.78, 5) is 12.4. The summed E-state index contributed by atoms with van der Waals surface area (Å²) in [5.74, 6) is 2.09. The molecule has 0 amide bonds. The Hall–Kier alpha value is -1.31. The van der Waals surface area contributed by atoms with E-state index in [-0.39, 0.29) is 5.92 Å². The first-order chi connectivity index (χ1) is 11.2. The summed E-state index contributed by atoms with van der Waals surface area (Å²) in [5, 5.41) is 0. The number of hydrogen-bond acceptors (Lipinski definition) is 2. The lowest BCUT2D eigenvalue weighted by molar-refractivity contribution is -0.123. The molecule has 2 nitrogen and oxygen atoms in total. The normalized spacial score (nSPS) is 21.4. The molecular weight excluding hydrogens is 284 g/mol. The Balaban J connectivity index is 1.81. The van der Waals surface area contributed by atoms with E-state index in [4.69, 9.17) is 4.74 Å². The topological polar surface area (TPSA) is 26.3 Å². The van der Waals surface area contributed by atoms with Gasteiger partial charge in [-0.1, -0.05) is 58.1 Å². The van der Waals surface area contributed by atoms with Crippen molar-refractivity contribution in [3.8, 4) is 5.75 Å². The number of unbranched alkanes of at least 4 members (excludes halogenated alkanes) is 3. The summed E-state index contributed by atoms with van der Waals surface area (Å²) in [7, 11) is 0. The molecule has 0 aromatic heterocycles. The van der Waals surface area contributed by atoms with Crippen LogP contribution in [-0.2, 0) is 4.79 Å². The van der Waals surface area contributed by atoms with Gasteiger partial charge in [-0.2, -0.15) is 0 Å². The van der Waals surface area contributed by atoms with Gasteiger partial charge in [0.2, 0.25) is 0 Å². The fourth-order valence-corrected chi connectivity index (χ4v) is 3.61. The second kappa shape index (κ2) is 9.75. The maximum absolute atomic E-state index is 12.4. The molecule has 1 aromatic carbocycles. The molecule has 2 unspecified atom stereocenters. The van der Waals surface area contributed by atoms with E-state index in [1.54, 1.807) is 0 Å². The van der Waals surface area contributed by atoms with Crippen LogP contribution in [0.4, 0.5) is 0 Å². The highest BCUT2D eigenvalue weighted by atomic mass is 16.5. The Kier molecular flexibility index (Phi) is 7.64. The van der Waals surface area contributed by atoms with Crippen molar-refractivity contribution in [3.63, 3.8) is 0 Å². The second-order valence-corrected chi connectivity index (χ2v) is 6.93. The fraction of sp³-hybridized carbons (Fsp3) is 0.667. The highest BCUT2D eigenvalue weighted by molar-refractivity contribution is 5.86. The zero-order valence-electron chi connectivity index (χ0n) is 14.9. The number of rotatable bonds is 9. The molecule has 0 heterocycles. The van der Waals surface area contributed by atoms with Crippen LogP contribution < -0.4 is 4.74 Å². The van der Waals surface area contributed by atoms with Gasteiger partial charge in [-0.05, 0) is 42.9 Å². The van der Waals surface area contributed by atoms with Crippen molar-refractivity contribution in [2.24, 2.45) is 5.92 Å². The number of carbonyl (C=O) groups excluding carboxylic acids is 1. The third-order valence-electron chi connectivity index (χ3n) is 4.99. The maximum Gasteiger partial charge on any atom is 0.140 e. The van der Waals surface area contributed by atoms with Gasteiger partial charge in [-0.3, -0.25) is 4.79 Å². The quantitative estimate of drug-likeness (QED) is 0.530. The first kappa shape index (κ1) is 18.0. The van der Waals surface area contributed by atoms with Crippen LogP contribution in [0.5, 0.6) is 5.75 Å². The minimum absolute atomic E-state index is 0.113. The highest BCUT2D eigenvalue weighted by Crippen LogP contribution is 2.35.